The van der Waals surface area contributed by atoms with Crippen LogP contribution in [0.5, 0.6) is 0 Å². The number of esters is 2. The second-order valence-electron chi connectivity index (χ2n) is 8.76. The summed E-state index contributed by atoms with van der Waals surface area (Å²) in [5.74, 6) is -0.948. The van der Waals surface area contributed by atoms with Gasteiger partial charge in [-0.15, -0.1) is 0 Å². The van der Waals surface area contributed by atoms with Crippen molar-refractivity contribution < 1.29 is 19.1 Å². The van der Waals surface area contributed by atoms with Crippen molar-refractivity contribution in [3.8, 4) is 0 Å². The van der Waals surface area contributed by atoms with E-state index in [4.69, 9.17) is 9.47 Å². The first-order valence-corrected chi connectivity index (χ1v) is 10.7. The molecule has 28 heavy (non-hydrogen) atoms. The first-order chi connectivity index (χ1) is 13.1. The van der Waals surface area contributed by atoms with Crippen LogP contribution < -0.4 is 0 Å². The molecule has 1 aromatic rings. The lowest BCUT2D eigenvalue weighted by atomic mass is 9.99. The molecule has 0 atom stereocenters. The van der Waals surface area contributed by atoms with E-state index in [0.29, 0.717) is 0 Å². The smallest absolute Gasteiger partial charge is 0.339 e. The SMILES string of the molecule is CCCCCC(C)(C)OC(=O)c1ccccc1C(=O)OC(C)(C)CCCCC. The summed E-state index contributed by atoms with van der Waals surface area (Å²) < 4.78 is 11.4. The highest BCUT2D eigenvalue weighted by molar-refractivity contribution is 6.03. The Labute approximate surface area is 171 Å². The van der Waals surface area contributed by atoms with Gasteiger partial charge >= 0.3 is 11.9 Å². The summed E-state index contributed by atoms with van der Waals surface area (Å²) in [5, 5.41) is 0. The molecule has 158 valence electrons. The summed E-state index contributed by atoms with van der Waals surface area (Å²) in [5.41, 5.74) is -0.605. The van der Waals surface area contributed by atoms with Crippen LogP contribution in [0.15, 0.2) is 24.3 Å². The minimum absolute atomic E-state index is 0.264. The fourth-order valence-corrected chi connectivity index (χ4v) is 3.15. The van der Waals surface area contributed by atoms with E-state index in [2.05, 4.69) is 13.8 Å². The number of hydrogen-bond acceptors (Lipinski definition) is 4. The number of benzene rings is 1. The highest BCUT2D eigenvalue weighted by atomic mass is 16.6. The second kappa shape index (κ2) is 11.2. The topological polar surface area (TPSA) is 52.6 Å². The molecule has 0 aliphatic carbocycles. The van der Waals surface area contributed by atoms with Crippen molar-refractivity contribution in [2.24, 2.45) is 0 Å². The summed E-state index contributed by atoms with van der Waals surface area (Å²) in [6.45, 7) is 11.9. The zero-order chi connectivity index (χ0) is 21.2. The maximum atomic E-state index is 12.8. The molecule has 1 rings (SSSR count). The van der Waals surface area contributed by atoms with Crippen LogP contribution >= 0.6 is 0 Å². The number of carbonyl (C=O) groups excluding carboxylic acids is 2. The largest absolute Gasteiger partial charge is 0.456 e. The van der Waals surface area contributed by atoms with Gasteiger partial charge in [0, 0.05) is 0 Å². The van der Waals surface area contributed by atoms with E-state index in [1.807, 2.05) is 27.7 Å². The lowest BCUT2D eigenvalue weighted by molar-refractivity contribution is -0.0102. The van der Waals surface area contributed by atoms with Gasteiger partial charge in [0.2, 0.25) is 0 Å². The quantitative estimate of drug-likeness (QED) is 0.294. The molecule has 0 unspecified atom stereocenters. The molecule has 4 heteroatoms. The third kappa shape index (κ3) is 8.45. The molecule has 0 saturated heterocycles. The van der Waals surface area contributed by atoms with Crippen LogP contribution in [0.1, 0.15) is 114 Å². The van der Waals surface area contributed by atoms with Crippen LogP contribution in [-0.2, 0) is 9.47 Å². The number of ether oxygens (including phenoxy) is 2. The highest BCUT2D eigenvalue weighted by Gasteiger charge is 2.29. The van der Waals surface area contributed by atoms with Crippen molar-refractivity contribution in [1.29, 1.82) is 0 Å². The van der Waals surface area contributed by atoms with E-state index in [1.54, 1.807) is 24.3 Å². The van der Waals surface area contributed by atoms with E-state index in [1.165, 1.54) is 0 Å². The van der Waals surface area contributed by atoms with Crippen molar-refractivity contribution in [2.45, 2.75) is 104 Å². The maximum Gasteiger partial charge on any atom is 0.339 e. The van der Waals surface area contributed by atoms with Crippen LogP contribution in [0.4, 0.5) is 0 Å². The lowest BCUT2D eigenvalue weighted by Crippen LogP contribution is -2.31. The molecule has 0 aromatic heterocycles. The molecular formula is C24H38O4. The Kier molecular flexibility index (Phi) is 9.71. The zero-order valence-electron chi connectivity index (χ0n) is 18.6. The molecule has 1 aromatic carbocycles. The van der Waals surface area contributed by atoms with Gasteiger partial charge in [-0.3, -0.25) is 0 Å². The van der Waals surface area contributed by atoms with Crippen LogP contribution in [0.25, 0.3) is 0 Å². The predicted octanol–water partition coefficient (Wildman–Crippen LogP) is 6.72. The fraction of sp³-hybridized carbons (Fsp3) is 0.667. The molecule has 4 nitrogen and oxygen atoms in total. The van der Waals surface area contributed by atoms with Crippen LogP contribution in [0.3, 0.4) is 0 Å². The molecule has 0 saturated carbocycles. The van der Waals surface area contributed by atoms with Crippen molar-refractivity contribution in [2.75, 3.05) is 0 Å². The minimum atomic E-state index is -0.567. The van der Waals surface area contributed by atoms with Gasteiger partial charge in [-0.2, -0.15) is 0 Å². The molecule has 0 heterocycles. The molecule has 0 spiro atoms. The summed E-state index contributed by atoms with van der Waals surface area (Å²) in [7, 11) is 0. The van der Waals surface area contributed by atoms with E-state index in [9.17, 15) is 9.59 Å². The summed E-state index contributed by atoms with van der Waals surface area (Å²) in [4.78, 5) is 25.5. The molecule has 0 aliphatic heterocycles. The Morgan fingerprint density at radius 3 is 1.39 bits per heavy atom. The molecule has 0 fully saturated rings. The third-order valence-corrected chi connectivity index (χ3v) is 4.87. The minimum Gasteiger partial charge on any atom is -0.456 e. The van der Waals surface area contributed by atoms with E-state index >= 15 is 0 Å². The Bertz CT molecular complexity index is 576. The van der Waals surface area contributed by atoms with Gasteiger partial charge in [0.05, 0.1) is 11.1 Å². The zero-order valence-corrected chi connectivity index (χ0v) is 18.6. The number of unbranched alkanes of at least 4 members (excludes halogenated alkanes) is 4. The maximum absolute atomic E-state index is 12.8. The second-order valence-corrected chi connectivity index (χ2v) is 8.76. The van der Waals surface area contributed by atoms with Crippen LogP contribution in [-0.4, -0.2) is 23.1 Å². The molecule has 0 aliphatic rings. The lowest BCUT2D eigenvalue weighted by Gasteiger charge is -2.27. The normalized spacial score (nSPS) is 11.9. The van der Waals surface area contributed by atoms with Crippen LogP contribution in [0.2, 0.25) is 0 Å². The first-order valence-electron chi connectivity index (χ1n) is 10.7. The average molecular weight is 391 g/mol. The van der Waals surface area contributed by atoms with Crippen molar-refractivity contribution >= 4 is 11.9 Å². The third-order valence-electron chi connectivity index (χ3n) is 4.87. The molecular weight excluding hydrogens is 352 g/mol. The Hall–Kier alpha value is -1.84. The fourth-order valence-electron chi connectivity index (χ4n) is 3.15. The monoisotopic (exact) mass is 390 g/mol. The summed E-state index contributed by atoms with van der Waals surface area (Å²) in [6, 6.07) is 6.74. The van der Waals surface area contributed by atoms with Crippen molar-refractivity contribution in [1.82, 2.24) is 0 Å². The Morgan fingerprint density at radius 2 is 1.07 bits per heavy atom. The van der Waals surface area contributed by atoms with Gasteiger partial charge in [0.25, 0.3) is 0 Å². The van der Waals surface area contributed by atoms with E-state index < -0.39 is 23.1 Å². The van der Waals surface area contributed by atoms with Crippen LogP contribution in [0, 0.1) is 0 Å². The number of rotatable bonds is 12. The van der Waals surface area contributed by atoms with E-state index in [0.717, 1.165) is 51.4 Å². The Morgan fingerprint density at radius 1 is 0.714 bits per heavy atom. The number of hydrogen-bond donors (Lipinski definition) is 0. The van der Waals surface area contributed by atoms with Gasteiger partial charge in [0.15, 0.2) is 0 Å². The van der Waals surface area contributed by atoms with Gasteiger partial charge in [-0.1, -0.05) is 51.7 Å². The van der Waals surface area contributed by atoms with Gasteiger partial charge in [-0.05, 0) is 65.5 Å². The highest BCUT2D eigenvalue weighted by Crippen LogP contribution is 2.24. The Balaban J connectivity index is 2.85. The van der Waals surface area contributed by atoms with Gasteiger partial charge < -0.3 is 9.47 Å². The van der Waals surface area contributed by atoms with E-state index in [-0.39, 0.29) is 11.1 Å². The standard InChI is InChI=1S/C24H38O4/c1-7-9-13-17-23(3,4)27-21(25)19-15-11-12-16-20(19)22(26)28-24(5,6)18-14-10-8-2/h11-12,15-16H,7-10,13-14,17-18H2,1-6H3. The average Bonchev–Trinajstić information content (AvgIpc) is 2.61. The first kappa shape index (κ1) is 24.2. The van der Waals surface area contributed by atoms with Gasteiger partial charge in [0.1, 0.15) is 11.2 Å². The predicted molar refractivity (Wildman–Crippen MR) is 114 cm³/mol. The molecule has 0 radical (unpaired) electrons. The summed E-state index contributed by atoms with van der Waals surface area (Å²) in [6.07, 6.45) is 8.06. The van der Waals surface area contributed by atoms with Crippen molar-refractivity contribution in [3.63, 3.8) is 0 Å². The van der Waals surface area contributed by atoms with Crippen molar-refractivity contribution in [3.05, 3.63) is 35.4 Å². The molecule has 0 N–H and O–H groups in total. The van der Waals surface area contributed by atoms with Gasteiger partial charge in [-0.25, -0.2) is 9.59 Å². The molecule has 0 amide bonds. The molecule has 0 bridgehead atoms. The number of carbonyl (C=O) groups is 2. The summed E-state index contributed by atoms with van der Waals surface area (Å²) >= 11 is 0.